The fraction of sp³-hybridized carbons (Fsp3) is 0.448. The van der Waals surface area contributed by atoms with Crippen LogP contribution < -0.4 is 0 Å². The molecule has 4 saturated carbocycles. The topological polar surface area (TPSA) is 0 Å². The molecule has 1 atom stereocenters. The maximum Gasteiger partial charge on any atom is 0.0677 e. The highest BCUT2D eigenvalue weighted by atomic mass is 14.7. The summed E-state index contributed by atoms with van der Waals surface area (Å²) in [6, 6.07) is 22.6. The average Bonchev–Trinajstić information content (AvgIpc) is 3.30. The number of allylic oxidation sites excluding steroid dienone is 4. The van der Waals surface area contributed by atoms with E-state index in [9.17, 15) is 0 Å². The molecule has 4 bridgehead atoms. The van der Waals surface area contributed by atoms with Crippen LogP contribution in [0.15, 0.2) is 77.4 Å². The highest BCUT2D eigenvalue weighted by Gasteiger charge is 2.65. The van der Waals surface area contributed by atoms with Crippen molar-refractivity contribution in [2.75, 3.05) is 0 Å². The van der Waals surface area contributed by atoms with Gasteiger partial charge in [-0.1, -0.05) is 67.6 Å². The first-order valence-electron chi connectivity index (χ1n) is 11.7. The molecule has 6 aliphatic rings. The van der Waals surface area contributed by atoms with Crippen molar-refractivity contribution < 1.29 is 0 Å². The third kappa shape index (κ3) is 2.06. The van der Waals surface area contributed by atoms with E-state index in [1.54, 1.807) is 16.7 Å². The van der Waals surface area contributed by atoms with Crippen molar-refractivity contribution in [1.82, 2.24) is 0 Å². The largest absolute Gasteiger partial charge is 0.0677 e. The van der Waals surface area contributed by atoms with Crippen LogP contribution in [0.2, 0.25) is 0 Å². The fourth-order valence-corrected chi connectivity index (χ4v) is 8.50. The van der Waals surface area contributed by atoms with Crippen LogP contribution in [0.1, 0.15) is 56.6 Å². The first-order valence-corrected chi connectivity index (χ1v) is 11.7. The lowest BCUT2D eigenvalue weighted by Gasteiger charge is -2.58. The molecule has 2 aromatic carbocycles. The monoisotopic (exact) mass is 377 g/mol. The molecule has 0 N–H and O–H groups in total. The molecule has 0 spiro atoms. The van der Waals surface area contributed by atoms with E-state index in [4.69, 9.17) is 0 Å². The summed E-state index contributed by atoms with van der Waals surface area (Å²) >= 11 is 0. The van der Waals surface area contributed by atoms with E-state index in [-0.39, 0.29) is 5.41 Å². The quantitative estimate of drug-likeness (QED) is 0.547. The zero-order valence-corrected chi connectivity index (χ0v) is 17.3. The van der Waals surface area contributed by atoms with Crippen LogP contribution in [-0.4, -0.2) is 0 Å². The number of rotatable bonds is 3. The Hall–Kier alpha value is -2.08. The van der Waals surface area contributed by atoms with Gasteiger partial charge >= 0.3 is 0 Å². The Kier molecular flexibility index (Phi) is 3.19. The predicted molar refractivity (Wildman–Crippen MR) is 117 cm³/mol. The first kappa shape index (κ1) is 16.7. The van der Waals surface area contributed by atoms with Gasteiger partial charge in [-0.15, -0.1) is 0 Å². The molecule has 0 heteroatoms. The molecular weight excluding hydrogens is 348 g/mol. The molecule has 2 aromatic rings. The van der Waals surface area contributed by atoms with Gasteiger partial charge in [0.2, 0.25) is 0 Å². The second kappa shape index (κ2) is 5.54. The molecule has 0 aliphatic heterocycles. The Balaban J connectivity index is 1.38. The molecule has 1 unspecified atom stereocenters. The summed E-state index contributed by atoms with van der Waals surface area (Å²) in [5.74, 6) is 3.40. The number of hydrogen-bond acceptors (Lipinski definition) is 0. The maximum absolute atomic E-state index is 4.05. The van der Waals surface area contributed by atoms with Crippen LogP contribution in [-0.2, 0) is 5.41 Å². The van der Waals surface area contributed by atoms with Crippen LogP contribution in [0.25, 0.3) is 0 Å². The van der Waals surface area contributed by atoms with E-state index >= 15 is 0 Å². The van der Waals surface area contributed by atoms with Gasteiger partial charge in [0, 0.05) is 5.92 Å². The van der Waals surface area contributed by atoms with Gasteiger partial charge in [-0.2, -0.15) is 0 Å². The van der Waals surface area contributed by atoms with Crippen molar-refractivity contribution >= 4 is 0 Å². The standard InChI is InChI=1S/C29H29/c1-19-12-25(28-16-20-13-21(17-28)15-22(14-20)18-28)27-26(19)29(27,23-8-4-2-5-9-23)24-10-6-3-7-11-24/h2-11,19-22H,13-18H2,1H3. The molecule has 6 aliphatic carbocycles. The number of benzene rings is 2. The SMILES string of the molecule is CC1[C]=C(C23CC4CC(CC(C4)C2)C3)C2=C1C2(c1ccccc1)c1ccccc1. The lowest BCUT2D eigenvalue weighted by Crippen LogP contribution is -2.47. The average molecular weight is 378 g/mol. The van der Waals surface area contributed by atoms with Crippen LogP contribution in [0.5, 0.6) is 0 Å². The molecular formula is C29H29. The van der Waals surface area contributed by atoms with Gasteiger partial charge in [-0.3, -0.25) is 0 Å². The van der Waals surface area contributed by atoms with E-state index in [0.717, 1.165) is 17.8 Å². The summed E-state index contributed by atoms with van der Waals surface area (Å²) in [5.41, 5.74) is 8.37. The molecule has 0 aromatic heterocycles. The molecule has 0 heterocycles. The lowest BCUT2D eigenvalue weighted by molar-refractivity contribution is -0.0296. The van der Waals surface area contributed by atoms with Crippen LogP contribution in [0, 0.1) is 35.2 Å². The highest BCUT2D eigenvalue weighted by Crippen LogP contribution is 2.74. The molecule has 8 rings (SSSR count). The molecule has 4 fully saturated rings. The van der Waals surface area contributed by atoms with E-state index in [1.807, 2.05) is 0 Å². The van der Waals surface area contributed by atoms with Crippen molar-refractivity contribution in [3.8, 4) is 0 Å². The summed E-state index contributed by atoms with van der Waals surface area (Å²) in [7, 11) is 0. The molecule has 0 amide bonds. The van der Waals surface area contributed by atoms with Gasteiger partial charge in [0.25, 0.3) is 0 Å². The van der Waals surface area contributed by atoms with Crippen LogP contribution >= 0.6 is 0 Å². The Bertz CT molecular complexity index is 961. The molecule has 1 radical (unpaired) electrons. The van der Waals surface area contributed by atoms with Crippen LogP contribution in [0.3, 0.4) is 0 Å². The second-order valence-corrected chi connectivity index (χ2v) is 10.7. The second-order valence-electron chi connectivity index (χ2n) is 10.7. The fourth-order valence-electron chi connectivity index (χ4n) is 8.50. The van der Waals surface area contributed by atoms with Gasteiger partial charge < -0.3 is 0 Å². The van der Waals surface area contributed by atoms with Gasteiger partial charge in [-0.25, -0.2) is 0 Å². The zero-order valence-electron chi connectivity index (χ0n) is 17.3. The first-order chi connectivity index (χ1) is 14.2. The summed E-state index contributed by atoms with van der Waals surface area (Å²) in [5, 5.41) is 0. The minimum absolute atomic E-state index is 0.0197. The van der Waals surface area contributed by atoms with Crippen molar-refractivity contribution in [1.29, 1.82) is 0 Å². The summed E-state index contributed by atoms with van der Waals surface area (Å²) < 4.78 is 0. The van der Waals surface area contributed by atoms with Gasteiger partial charge in [0.15, 0.2) is 0 Å². The Labute approximate surface area is 174 Å². The summed E-state index contributed by atoms with van der Waals surface area (Å²) in [6.07, 6.45) is 12.9. The highest BCUT2D eigenvalue weighted by molar-refractivity contribution is 5.80. The third-order valence-electron chi connectivity index (χ3n) is 9.01. The maximum atomic E-state index is 4.05. The van der Waals surface area contributed by atoms with Crippen molar-refractivity contribution in [3.63, 3.8) is 0 Å². The van der Waals surface area contributed by atoms with E-state index < -0.39 is 0 Å². The minimum Gasteiger partial charge on any atom is -0.0622 e. The molecule has 0 nitrogen and oxygen atoms in total. The summed E-state index contributed by atoms with van der Waals surface area (Å²) in [6.45, 7) is 2.40. The molecule has 0 saturated heterocycles. The Morgan fingerprint density at radius 3 is 1.69 bits per heavy atom. The zero-order chi connectivity index (χ0) is 19.2. The smallest absolute Gasteiger partial charge is 0.0622 e. The van der Waals surface area contributed by atoms with Crippen molar-refractivity contribution in [2.45, 2.75) is 50.9 Å². The van der Waals surface area contributed by atoms with Crippen LogP contribution in [0.4, 0.5) is 0 Å². The van der Waals surface area contributed by atoms with E-state index in [0.29, 0.717) is 11.3 Å². The van der Waals surface area contributed by atoms with Crippen molar-refractivity contribution in [2.24, 2.45) is 29.1 Å². The van der Waals surface area contributed by atoms with Gasteiger partial charge in [0.1, 0.15) is 0 Å². The van der Waals surface area contributed by atoms with Crippen molar-refractivity contribution in [3.05, 3.63) is 94.6 Å². The molecule has 29 heavy (non-hydrogen) atoms. The van der Waals surface area contributed by atoms with Gasteiger partial charge in [-0.05, 0) is 95.6 Å². The molecule has 145 valence electrons. The van der Waals surface area contributed by atoms with Gasteiger partial charge in [0.05, 0.1) is 5.41 Å². The Morgan fingerprint density at radius 2 is 1.21 bits per heavy atom. The Morgan fingerprint density at radius 1 is 0.724 bits per heavy atom. The lowest BCUT2D eigenvalue weighted by atomic mass is 9.47. The van der Waals surface area contributed by atoms with E-state index in [2.05, 4.69) is 73.7 Å². The predicted octanol–water partition coefficient (Wildman–Crippen LogP) is 6.88. The third-order valence-corrected chi connectivity index (χ3v) is 9.01. The summed E-state index contributed by atoms with van der Waals surface area (Å²) in [4.78, 5) is 0. The minimum atomic E-state index is 0.0197. The normalized spacial score (nSPS) is 38.2. The number of hydrogen-bond donors (Lipinski definition) is 0. The van der Waals surface area contributed by atoms with E-state index in [1.165, 1.54) is 49.7 Å².